The van der Waals surface area contributed by atoms with Crippen LogP contribution in [0.5, 0.6) is 0 Å². The summed E-state index contributed by atoms with van der Waals surface area (Å²) in [5, 5.41) is 2.90. The minimum atomic E-state index is -0.254. The summed E-state index contributed by atoms with van der Waals surface area (Å²) in [7, 11) is 1.72. The predicted molar refractivity (Wildman–Crippen MR) is 105 cm³/mol. The van der Waals surface area contributed by atoms with E-state index in [-0.39, 0.29) is 6.03 Å². The lowest BCUT2D eigenvalue weighted by Gasteiger charge is -2.18. The molecule has 1 N–H and O–H groups in total. The third-order valence-electron chi connectivity index (χ3n) is 4.03. The van der Waals surface area contributed by atoms with Crippen LogP contribution in [0.1, 0.15) is 0 Å². The van der Waals surface area contributed by atoms with Crippen LogP contribution >= 0.6 is 11.7 Å². The lowest BCUT2D eigenvalue weighted by molar-refractivity contribution is 0.258. The molecule has 4 aromatic rings. The Kier molecular flexibility index (Phi) is 4.28. The van der Waals surface area contributed by atoms with Crippen LogP contribution in [0.2, 0.25) is 0 Å². The molecule has 0 spiro atoms. The number of fused-ring (bicyclic) bond motifs is 1. The molecule has 0 aliphatic rings. The van der Waals surface area contributed by atoms with Gasteiger partial charge < -0.3 is 5.32 Å². The number of carbonyl (C=O) groups is 1. The van der Waals surface area contributed by atoms with Gasteiger partial charge in [0.2, 0.25) is 0 Å². The minimum Gasteiger partial charge on any atom is -0.305 e. The number of nitrogens with one attached hydrogen (secondary N) is 1. The SMILES string of the molecule is CN(C(=O)Nc1cccc2nsnc12)c1ccnc(-c2ccccc2)c1. The van der Waals surface area contributed by atoms with Crippen molar-refractivity contribution in [1.29, 1.82) is 0 Å². The normalized spacial score (nSPS) is 10.7. The molecule has 0 aliphatic heterocycles. The Hall–Kier alpha value is -3.32. The Morgan fingerprint density at radius 2 is 1.88 bits per heavy atom. The number of benzene rings is 2. The van der Waals surface area contributed by atoms with E-state index in [1.807, 2.05) is 54.6 Å². The zero-order valence-electron chi connectivity index (χ0n) is 14.0. The summed E-state index contributed by atoms with van der Waals surface area (Å²) in [4.78, 5) is 18.6. The number of carbonyl (C=O) groups excluding carboxylic acids is 1. The molecular formula is C19H15N5OS. The highest BCUT2D eigenvalue weighted by Gasteiger charge is 2.14. The van der Waals surface area contributed by atoms with Crippen LogP contribution in [0.4, 0.5) is 16.2 Å². The third-order valence-corrected chi connectivity index (χ3v) is 4.58. The first-order valence-electron chi connectivity index (χ1n) is 8.00. The van der Waals surface area contributed by atoms with Crippen molar-refractivity contribution in [3.8, 4) is 11.3 Å². The number of hydrogen-bond donors (Lipinski definition) is 1. The van der Waals surface area contributed by atoms with Gasteiger partial charge in [0.05, 0.1) is 23.1 Å². The Morgan fingerprint density at radius 1 is 1.04 bits per heavy atom. The summed E-state index contributed by atoms with van der Waals surface area (Å²) in [6.45, 7) is 0. The van der Waals surface area contributed by atoms with E-state index < -0.39 is 0 Å². The summed E-state index contributed by atoms with van der Waals surface area (Å²) in [6.07, 6.45) is 1.70. The van der Waals surface area contributed by atoms with E-state index in [1.165, 1.54) is 0 Å². The molecule has 26 heavy (non-hydrogen) atoms. The number of pyridine rings is 1. The van der Waals surface area contributed by atoms with Gasteiger partial charge in [0.25, 0.3) is 0 Å². The van der Waals surface area contributed by atoms with Crippen LogP contribution in [-0.2, 0) is 0 Å². The molecule has 0 radical (unpaired) electrons. The van der Waals surface area contributed by atoms with Crippen molar-refractivity contribution in [3.63, 3.8) is 0 Å². The van der Waals surface area contributed by atoms with Crippen molar-refractivity contribution < 1.29 is 4.79 Å². The van der Waals surface area contributed by atoms with Crippen LogP contribution in [0.25, 0.3) is 22.3 Å². The molecule has 0 fully saturated rings. The number of amides is 2. The van der Waals surface area contributed by atoms with E-state index in [2.05, 4.69) is 19.0 Å². The smallest absolute Gasteiger partial charge is 0.305 e. The highest BCUT2D eigenvalue weighted by Crippen LogP contribution is 2.24. The number of aromatic nitrogens is 3. The van der Waals surface area contributed by atoms with E-state index in [1.54, 1.807) is 24.2 Å². The van der Waals surface area contributed by atoms with Gasteiger partial charge in [0.15, 0.2) is 0 Å². The van der Waals surface area contributed by atoms with E-state index in [4.69, 9.17) is 0 Å². The van der Waals surface area contributed by atoms with Crippen LogP contribution in [0, 0.1) is 0 Å². The second-order valence-corrected chi connectivity index (χ2v) is 6.22. The van der Waals surface area contributed by atoms with Gasteiger partial charge in [0.1, 0.15) is 11.0 Å². The fraction of sp³-hybridized carbons (Fsp3) is 0.0526. The largest absolute Gasteiger partial charge is 0.326 e. The molecular weight excluding hydrogens is 346 g/mol. The Morgan fingerprint density at radius 3 is 2.73 bits per heavy atom. The van der Waals surface area contributed by atoms with Gasteiger partial charge in [-0.15, -0.1) is 0 Å². The van der Waals surface area contributed by atoms with Gasteiger partial charge in [-0.2, -0.15) is 8.75 Å². The maximum Gasteiger partial charge on any atom is 0.326 e. The highest BCUT2D eigenvalue weighted by atomic mass is 32.1. The fourth-order valence-corrected chi connectivity index (χ4v) is 3.17. The van der Waals surface area contributed by atoms with E-state index in [0.717, 1.165) is 34.2 Å². The van der Waals surface area contributed by atoms with Crippen LogP contribution in [-0.4, -0.2) is 26.8 Å². The molecule has 0 saturated carbocycles. The zero-order chi connectivity index (χ0) is 17.9. The van der Waals surface area contributed by atoms with Gasteiger partial charge >= 0.3 is 6.03 Å². The molecule has 2 amide bonds. The molecule has 2 aromatic heterocycles. The quantitative estimate of drug-likeness (QED) is 0.586. The summed E-state index contributed by atoms with van der Waals surface area (Å²) in [5.41, 5.74) is 4.67. The first-order chi connectivity index (χ1) is 12.7. The Balaban J connectivity index is 1.58. The molecule has 4 rings (SSSR count). The summed E-state index contributed by atoms with van der Waals surface area (Å²) in [5.74, 6) is 0. The monoisotopic (exact) mass is 361 g/mol. The molecule has 7 heteroatoms. The van der Waals surface area contributed by atoms with Crippen LogP contribution in [0.3, 0.4) is 0 Å². The summed E-state index contributed by atoms with van der Waals surface area (Å²) < 4.78 is 8.44. The minimum absolute atomic E-state index is 0.254. The van der Waals surface area contributed by atoms with Crippen molar-refractivity contribution in [3.05, 3.63) is 66.9 Å². The molecule has 0 atom stereocenters. The van der Waals surface area contributed by atoms with Crippen molar-refractivity contribution in [2.45, 2.75) is 0 Å². The Bertz CT molecular complexity index is 1060. The molecule has 2 heterocycles. The van der Waals surface area contributed by atoms with Gasteiger partial charge in [-0.05, 0) is 24.3 Å². The molecule has 0 unspecified atom stereocenters. The molecule has 2 aromatic carbocycles. The van der Waals surface area contributed by atoms with Gasteiger partial charge in [0, 0.05) is 24.5 Å². The van der Waals surface area contributed by atoms with Crippen LogP contribution in [0.15, 0.2) is 66.9 Å². The van der Waals surface area contributed by atoms with E-state index >= 15 is 0 Å². The van der Waals surface area contributed by atoms with Crippen LogP contribution < -0.4 is 10.2 Å². The predicted octanol–water partition coefficient (Wildman–Crippen LogP) is 4.42. The molecule has 0 bridgehead atoms. The van der Waals surface area contributed by atoms with Crippen molar-refractivity contribution in [1.82, 2.24) is 13.7 Å². The summed E-state index contributed by atoms with van der Waals surface area (Å²) in [6, 6.07) is 18.8. The first kappa shape index (κ1) is 16.2. The lowest BCUT2D eigenvalue weighted by atomic mass is 10.1. The average molecular weight is 361 g/mol. The zero-order valence-corrected chi connectivity index (χ0v) is 14.8. The number of urea groups is 1. The van der Waals surface area contributed by atoms with Gasteiger partial charge in [-0.25, -0.2) is 4.79 Å². The van der Waals surface area contributed by atoms with Crippen molar-refractivity contribution in [2.75, 3.05) is 17.3 Å². The standard InChI is InChI=1S/C19H15N5OS/c1-24(14-10-11-20-17(12-14)13-6-3-2-4-7-13)19(25)21-15-8-5-9-16-18(15)23-26-22-16/h2-12H,1H3,(H,21,25). The van der Waals surface area contributed by atoms with Gasteiger partial charge in [-0.1, -0.05) is 36.4 Å². The second-order valence-electron chi connectivity index (χ2n) is 5.69. The molecule has 6 nitrogen and oxygen atoms in total. The van der Waals surface area contributed by atoms with Gasteiger partial charge in [-0.3, -0.25) is 9.88 Å². The molecule has 128 valence electrons. The number of anilines is 2. The highest BCUT2D eigenvalue weighted by molar-refractivity contribution is 7.00. The van der Waals surface area contributed by atoms with E-state index in [9.17, 15) is 4.79 Å². The Labute approximate surface area is 154 Å². The number of hydrogen-bond acceptors (Lipinski definition) is 5. The van der Waals surface area contributed by atoms with Crippen molar-refractivity contribution >= 4 is 40.2 Å². The maximum absolute atomic E-state index is 12.7. The topological polar surface area (TPSA) is 71.0 Å². The fourth-order valence-electron chi connectivity index (χ4n) is 2.62. The lowest BCUT2D eigenvalue weighted by Crippen LogP contribution is -2.31. The van der Waals surface area contributed by atoms with Crippen molar-refractivity contribution in [2.24, 2.45) is 0 Å². The number of rotatable bonds is 3. The number of nitrogens with zero attached hydrogens (tertiary/aromatic N) is 4. The third kappa shape index (κ3) is 3.12. The average Bonchev–Trinajstić information content (AvgIpc) is 3.18. The summed E-state index contributed by atoms with van der Waals surface area (Å²) >= 11 is 1.13. The first-order valence-corrected chi connectivity index (χ1v) is 8.73. The molecule has 0 saturated heterocycles. The van der Waals surface area contributed by atoms with E-state index in [0.29, 0.717) is 11.2 Å². The maximum atomic E-state index is 12.7. The second kappa shape index (κ2) is 6.89. The molecule has 0 aliphatic carbocycles.